The number of hydrogen-bond donors (Lipinski definition) is 1. The van der Waals surface area contributed by atoms with E-state index in [1.807, 2.05) is 46.4 Å². The average Bonchev–Trinajstić information content (AvgIpc) is 3.03. The molecule has 0 fully saturated rings. The van der Waals surface area contributed by atoms with Crippen molar-refractivity contribution in [2.75, 3.05) is 11.4 Å². The standard InChI is InChI=1S/C20H25FN2O2/c1-11(2)23-10-20(6,7)16-15(12(21)8-14(24)17(16)23)13-9-25-18(22-13)19(3,4)5/h8-9,24H,1,10H2,2-7H3. The van der Waals surface area contributed by atoms with Gasteiger partial charge in [-0.05, 0) is 12.5 Å². The lowest BCUT2D eigenvalue weighted by atomic mass is 9.82. The van der Waals surface area contributed by atoms with Crippen molar-refractivity contribution in [3.05, 3.63) is 41.9 Å². The van der Waals surface area contributed by atoms with Gasteiger partial charge in [-0.15, -0.1) is 0 Å². The van der Waals surface area contributed by atoms with E-state index in [4.69, 9.17) is 4.42 Å². The molecule has 2 heterocycles. The van der Waals surface area contributed by atoms with Gasteiger partial charge in [-0.3, -0.25) is 0 Å². The minimum absolute atomic E-state index is 0.0793. The van der Waals surface area contributed by atoms with Gasteiger partial charge in [0.1, 0.15) is 23.5 Å². The number of nitrogens with zero attached hydrogens (tertiary/aromatic N) is 2. The van der Waals surface area contributed by atoms with Gasteiger partial charge in [-0.25, -0.2) is 9.37 Å². The summed E-state index contributed by atoms with van der Waals surface area (Å²) in [7, 11) is 0. The molecule has 0 amide bonds. The van der Waals surface area contributed by atoms with Gasteiger partial charge in [0.25, 0.3) is 0 Å². The molecule has 0 spiro atoms. The number of phenolic OH excluding ortho intramolecular Hbond substituents is 1. The Morgan fingerprint density at radius 2 is 2.04 bits per heavy atom. The third kappa shape index (κ3) is 2.71. The van der Waals surface area contributed by atoms with Crippen LogP contribution in [0.3, 0.4) is 0 Å². The first-order valence-corrected chi connectivity index (χ1v) is 8.39. The fourth-order valence-electron chi connectivity index (χ4n) is 3.42. The maximum Gasteiger partial charge on any atom is 0.199 e. The van der Waals surface area contributed by atoms with Crippen molar-refractivity contribution in [3.8, 4) is 17.0 Å². The van der Waals surface area contributed by atoms with Gasteiger partial charge in [0.2, 0.25) is 0 Å². The number of anilines is 1. The number of benzene rings is 1. The number of aromatic nitrogens is 1. The first kappa shape index (κ1) is 17.5. The van der Waals surface area contributed by atoms with Crippen LogP contribution in [0.15, 0.2) is 29.0 Å². The topological polar surface area (TPSA) is 49.5 Å². The highest BCUT2D eigenvalue weighted by Crippen LogP contribution is 2.52. The molecule has 2 aromatic rings. The van der Waals surface area contributed by atoms with Crippen LogP contribution in [0.5, 0.6) is 5.75 Å². The number of hydrogen-bond acceptors (Lipinski definition) is 4. The Morgan fingerprint density at radius 1 is 1.40 bits per heavy atom. The van der Waals surface area contributed by atoms with Crippen LogP contribution in [-0.2, 0) is 10.8 Å². The van der Waals surface area contributed by atoms with Crippen LogP contribution in [0.2, 0.25) is 0 Å². The number of allylic oxidation sites excluding steroid dienone is 1. The van der Waals surface area contributed by atoms with E-state index in [0.717, 1.165) is 17.3 Å². The van der Waals surface area contributed by atoms with Crippen molar-refractivity contribution in [2.45, 2.75) is 52.4 Å². The Balaban J connectivity index is 2.30. The Labute approximate surface area is 148 Å². The predicted octanol–water partition coefficient (Wildman–Crippen LogP) is 5.12. The van der Waals surface area contributed by atoms with Gasteiger partial charge in [0.05, 0.1) is 5.69 Å². The molecule has 1 aliphatic rings. The van der Waals surface area contributed by atoms with Crippen molar-refractivity contribution in [2.24, 2.45) is 0 Å². The molecule has 1 aliphatic heterocycles. The molecule has 5 heteroatoms. The van der Waals surface area contributed by atoms with Crippen molar-refractivity contribution in [1.29, 1.82) is 0 Å². The monoisotopic (exact) mass is 344 g/mol. The quantitative estimate of drug-likeness (QED) is 0.822. The highest BCUT2D eigenvalue weighted by atomic mass is 19.1. The van der Waals surface area contributed by atoms with Gasteiger partial charge >= 0.3 is 0 Å². The number of oxazole rings is 1. The molecular formula is C20H25FN2O2. The van der Waals surface area contributed by atoms with Crippen molar-refractivity contribution in [1.82, 2.24) is 4.98 Å². The smallest absolute Gasteiger partial charge is 0.199 e. The van der Waals surface area contributed by atoms with Gasteiger partial charge in [0, 0.05) is 34.7 Å². The number of phenols is 1. The molecule has 0 atom stereocenters. The van der Waals surface area contributed by atoms with E-state index in [-0.39, 0.29) is 16.6 Å². The maximum absolute atomic E-state index is 14.9. The Morgan fingerprint density at radius 3 is 2.56 bits per heavy atom. The van der Waals surface area contributed by atoms with Gasteiger partial charge < -0.3 is 14.4 Å². The van der Waals surface area contributed by atoms with Gasteiger partial charge in [0.15, 0.2) is 5.89 Å². The van der Waals surface area contributed by atoms with E-state index in [1.165, 1.54) is 6.26 Å². The van der Waals surface area contributed by atoms with Crippen LogP contribution >= 0.6 is 0 Å². The third-order valence-corrected chi connectivity index (χ3v) is 4.59. The molecule has 0 bridgehead atoms. The molecule has 4 nitrogen and oxygen atoms in total. The van der Waals surface area contributed by atoms with Crippen LogP contribution in [0, 0.1) is 5.82 Å². The van der Waals surface area contributed by atoms with Crippen LogP contribution in [0.25, 0.3) is 11.3 Å². The summed E-state index contributed by atoms with van der Waals surface area (Å²) in [6, 6.07) is 1.15. The van der Waals surface area contributed by atoms with Gasteiger partial charge in [-0.2, -0.15) is 0 Å². The van der Waals surface area contributed by atoms with Gasteiger partial charge in [-0.1, -0.05) is 41.2 Å². The van der Waals surface area contributed by atoms with Crippen molar-refractivity contribution >= 4 is 5.69 Å². The molecule has 0 unspecified atom stereocenters. The second-order valence-corrected chi connectivity index (χ2v) is 8.47. The summed E-state index contributed by atoms with van der Waals surface area (Å²) in [5, 5.41) is 10.4. The summed E-state index contributed by atoms with van der Waals surface area (Å²) < 4.78 is 20.5. The Hall–Kier alpha value is -2.30. The molecule has 0 saturated carbocycles. The van der Waals surface area contributed by atoms with E-state index in [2.05, 4.69) is 11.6 Å². The van der Waals surface area contributed by atoms with Crippen molar-refractivity contribution in [3.63, 3.8) is 0 Å². The molecule has 1 aromatic heterocycles. The fourth-order valence-corrected chi connectivity index (χ4v) is 3.42. The molecule has 3 rings (SSSR count). The van der Waals surface area contributed by atoms with Crippen LogP contribution < -0.4 is 4.90 Å². The highest BCUT2D eigenvalue weighted by Gasteiger charge is 2.41. The minimum Gasteiger partial charge on any atom is -0.506 e. The van der Waals surface area contributed by atoms with Crippen LogP contribution in [0.1, 0.15) is 53.0 Å². The SMILES string of the molecule is C=C(C)N1CC(C)(C)c2c(-c3coc(C(C)(C)C)n3)c(F)cc(O)c21. The molecule has 134 valence electrons. The first-order chi connectivity index (χ1) is 11.4. The van der Waals surface area contributed by atoms with E-state index < -0.39 is 5.82 Å². The van der Waals surface area contributed by atoms with E-state index in [0.29, 0.717) is 29.4 Å². The number of aromatic hydroxyl groups is 1. The maximum atomic E-state index is 14.9. The number of rotatable bonds is 2. The van der Waals surface area contributed by atoms with E-state index in [1.54, 1.807) is 0 Å². The average molecular weight is 344 g/mol. The molecule has 25 heavy (non-hydrogen) atoms. The normalized spacial score (nSPS) is 16.2. The van der Waals surface area contributed by atoms with Crippen LogP contribution in [0.4, 0.5) is 10.1 Å². The summed E-state index contributed by atoms with van der Waals surface area (Å²) in [6.07, 6.45) is 1.50. The summed E-state index contributed by atoms with van der Waals surface area (Å²) in [5.74, 6) is -0.0256. The summed E-state index contributed by atoms with van der Waals surface area (Å²) in [5.41, 5.74) is 2.35. The lowest BCUT2D eigenvalue weighted by molar-refractivity contribution is 0.392. The highest BCUT2D eigenvalue weighted by molar-refractivity contribution is 5.83. The summed E-state index contributed by atoms with van der Waals surface area (Å²) in [6.45, 7) is 16.5. The second-order valence-electron chi connectivity index (χ2n) is 8.47. The Kier molecular flexibility index (Phi) is 3.75. The summed E-state index contributed by atoms with van der Waals surface area (Å²) in [4.78, 5) is 6.45. The number of fused-ring (bicyclic) bond motifs is 1. The molecular weight excluding hydrogens is 319 g/mol. The fraction of sp³-hybridized carbons (Fsp3) is 0.450. The third-order valence-electron chi connectivity index (χ3n) is 4.59. The lowest BCUT2D eigenvalue weighted by Crippen LogP contribution is -2.27. The van der Waals surface area contributed by atoms with Crippen LogP contribution in [-0.4, -0.2) is 16.6 Å². The number of halogens is 1. The molecule has 0 aliphatic carbocycles. The Bertz CT molecular complexity index is 859. The zero-order valence-electron chi connectivity index (χ0n) is 15.7. The second kappa shape index (κ2) is 5.35. The van der Waals surface area contributed by atoms with E-state index >= 15 is 0 Å². The van der Waals surface area contributed by atoms with Crippen molar-refractivity contribution < 1.29 is 13.9 Å². The predicted molar refractivity (Wildman–Crippen MR) is 97.4 cm³/mol. The largest absolute Gasteiger partial charge is 0.506 e. The molecule has 1 N–H and O–H groups in total. The van der Waals surface area contributed by atoms with E-state index in [9.17, 15) is 9.50 Å². The zero-order valence-corrected chi connectivity index (χ0v) is 15.7. The minimum atomic E-state index is -0.498. The first-order valence-electron chi connectivity index (χ1n) is 8.39. The lowest BCUT2D eigenvalue weighted by Gasteiger charge is -2.22. The molecule has 0 radical (unpaired) electrons. The molecule has 0 saturated heterocycles. The summed E-state index contributed by atoms with van der Waals surface area (Å²) >= 11 is 0. The molecule has 1 aromatic carbocycles. The zero-order chi connectivity index (χ0) is 18.7.